The van der Waals surface area contributed by atoms with Gasteiger partial charge in [-0.25, -0.2) is 4.68 Å². The zero-order chi connectivity index (χ0) is 13.1. The van der Waals surface area contributed by atoms with Gasteiger partial charge in [-0.15, -0.1) is 10.2 Å². The van der Waals surface area contributed by atoms with Crippen LogP contribution in [0.15, 0.2) is 30.9 Å². The molecule has 0 saturated heterocycles. The summed E-state index contributed by atoms with van der Waals surface area (Å²) < 4.78 is 1.26. The van der Waals surface area contributed by atoms with Gasteiger partial charge in [0.1, 0.15) is 12.7 Å². The summed E-state index contributed by atoms with van der Waals surface area (Å²) in [5.74, 6) is -0.462. The molecule has 0 unspecified atom stereocenters. The van der Waals surface area contributed by atoms with Crippen molar-refractivity contribution in [2.45, 2.75) is 6.92 Å². The number of nitrogens with one attached hydrogen (secondary N) is 1. The van der Waals surface area contributed by atoms with Crippen LogP contribution in [0.5, 0.6) is 0 Å². The summed E-state index contributed by atoms with van der Waals surface area (Å²) in [5, 5.41) is 17.8. The first-order valence-corrected chi connectivity index (χ1v) is 4.99. The van der Waals surface area contributed by atoms with Crippen LogP contribution in [0.3, 0.4) is 0 Å². The number of nitro groups is 1. The van der Waals surface area contributed by atoms with E-state index in [0.29, 0.717) is 5.56 Å². The van der Waals surface area contributed by atoms with Crippen molar-refractivity contribution in [2.75, 3.05) is 5.43 Å². The van der Waals surface area contributed by atoms with E-state index in [1.54, 1.807) is 0 Å². The van der Waals surface area contributed by atoms with Crippen LogP contribution in [0, 0.1) is 17.0 Å². The third kappa shape index (κ3) is 2.17. The average molecular weight is 247 g/mol. The van der Waals surface area contributed by atoms with Crippen LogP contribution in [0.1, 0.15) is 15.9 Å². The van der Waals surface area contributed by atoms with Gasteiger partial charge < -0.3 is 0 Å². The third-order valence-electron chi connectivity index (χ3n) is 2.40. The molecule has 0 aliphatic carbocycles. The molecule has 0 saturated carbocycles. The van der Waals surface area contributed by atoms with Crippen molar-refractivity contribution in [1.82, 2.24) is 14.9 Å². The van der Waals surface area contributed by atoms with Crippen LogP contribution in [-0.4, -0.2) is 25.7 Å². The van der Waals surface area contributed by atoms with E-state index >= 15 is 0 Å². The quantitative estimate of drug-likeness (QED) is 0.640. The van der Waals surface area contributed by atoms with Crippen LogP contribution >= 0.6 is 0 Å². The van der Waals surface area contributed by atoms with Crippen molar-refractivity contribution in [3.05, 3.63) is 52.1 Å². The first-order valence-electron chi connectivity index (χ1n) is 4.99. The van der Waals surface area contributed by atoms with Crippen molar-refractivity contribution < 1.29 is 9.72 Å². The van der Waals surface area contributed by atoms with Gasteiger partial charge in [-0.1, -0.05) is 6.07 Å². The van der Waals surface area contributed by atoms with E-state index in [0.717, 1.165) is 0 Å². The molecule has 92 valence electrons. The minimum absolute atomic E-state index is 0.0913. The first-order chi connectivity index (χ1) is 8.59. The largest absolute Gasteiger partial charge is 0.273 e. The van der Waals surface area contributed by atoms with Crippen molar-refractivity contribution in [1.29, 1.82) is 0 Å². The maximum Gasteiger partial charge on any atom is 0.273 e. The maximum absolute atomic E-state index is 11.9. The van der Waals surface area contributed by atoms with Crippen LogP contribution in [-0.2, 0) is 0 Å². The molecule has 0 spiro atoms. The summed E-state index contributed by atoms with van der Waals surface area (Å²) in [6, 6.07) is 4.33. The maximum atomic E-state index is 11.9. The van der Waals surface area contributed by atoms with Gasteiger partial charge in [0.2, 0.25) is 0 Å². The van der Waals surface area contributed by atoms with Crippen LogP contribution < -0.4 is 5.43 Å². The molecule has 0 atom stereocenters. The van der Waals surface area contributed by atoms with E-state index in [-0.39, 0.29) is 11.3 Å². The van der Waals surface area contributed by atoms with E-state index in [9.17, 15) is 14.9 Å². The number of nitro benzene ring substituents is 1. The second-order valence-corrected chi connectivity index (χ2v) is 3.52. The number of aromatic nitrogens is 3. The van der Waals surface area contributed by atoms with Gasteiger partial charge in [0.05, 0.1) is 10.5 Å². The Morgan fingerprint density at radius 2 is 2.06 bits per heavy atom. The molecular formula is C10H9N5O3. The molecule has 1 heterocycles. The molecule has 1 aromatic carbocycles. The summed E-state index contributed by atoms with van der Waals surface area (Å²) in [7, 11) is 0. The number of benzene rings is 1. The zero-order valence-corrected chi connectivity index (χ0v) is 9.40. The van der Waals surface area contributed by atoms with E-state index in [4.69, 9.17) is 0 Å². The molecule has 1 N–H and O–H groups in total. The minimum atomic E-state index is -0.523. The summed E-state index contributed by atoms with van der Waals surface area (Å²) in [6.07, 6.45) is 2.62. The molecule has 1 aromatic heterocycles. The number of amides is 1. The molecular weight excluding hydrogens is 238 g/mol. The van der Waals surface area contributed by atoms with E-state index in [2.05, 4.69) is 15.6 Å². The Labute approximate surface area is 101 Å². The SMILES string of the molecule is Cc1c(C(=O)Nn2cnnc2)cccc1[N+](=O)[O-]. The highest BCUT2D eigenvalue weighted by molar-refractivity contribution is 6.01. The smallest absolute Gasteiger partial charge is 0.267 e. The van der Waals surface area contributed by atoms with Gasteiger partial charge in [0, 0.05) is 11.6 Å². The normalized spacial score (nSPS) is 10.1. The topological polar surface area (TPSA) is 103 Å². The molecule has 18 heavy (non-hydrogen) atoms. The highest BCUT2D eigenvalue weighted by Crippen LogP contribution is 2.20. The van der Waals surface area contributed by atoms with Crippen LogP contribution in [0.25, 0.3) is 0 Å². The summed E-state index contributed by atoms with van der Waals surface area (Å²) in [4.78, 5) is 22.1. The lowest BCUT2D eigenvalue weighted by atomic mass is 10.1. The fourth-order valence-corrected chi connectivity index (χ4v) is 1.50. The van der Waals surface area contributed by atoms with Crippen LogP contribution in [0.2, 0.25) is 0 Å². The average Bonchev–Trinajstić information content (AvgIpc) is 2.81. The lowest BCUT2D eigenvalue weighted by molar-refractivity contribution is -0.385. The molecule has 1 amide bonds. The molecule has 0 fully saturated rings. The predicted octanol–water partition coefficient (Wildman–Crippen LogP) is 0.879. The Bertz CT molecular complexity index is 594. The Hall–Kier alpha value is -2.77. The van der Waals surface area contributed by atoms with Crippen LogP contribution in [0.4, 0.5) is 5.69 Å². The van der Waals surface area contributed by atoms with Gasteiger partial charge >= 0.3 is 0 Å². The number of rotatable bonds is 3. The summed E-state index contributed by atoms with van der Waals surface area (Å²) >= 11 is 0. The highest BCUT2D eigenvalue weighted by atomic mass is 16.6. The first kappa shape index (κ1) is 11.7. The molecule has 0 radical (unpaired) electrons. The summed E-state index contributed by atoms with van der Waals surface area (Å²) in [6.45, 7) is 1.53. The Morgan fingerprint density at radius 3 is 2.67 bits per heavy atom. The van der Waals surface area contributed by atoms with E-state index in [1.165, 1.54) is 42.5 Å². The van der Waals surface area contributed by atoms with Gasteiger partial charge in [-0.2, -0.15) is 0 Å². The molecule has 0 aliphatic heterocycles. The Morgan fingerprint density at radius 1 is 1.39 bits per heavy atom. The standard InChI is InChI=1S/C10H9N5O3/c1-7-8(3-2-4-9(7)15(17)18)10(16)13-14-5-11-12-6-14/h2-6H,1H3,(H,13,16). The Balaban J connectivity index is 2.31. The van der Waals surface area contributed by atoms with E-state index < -0.39 is 10.8 Å². The molecule has 0 bridgehead atoms. The Kier molecular flexibility index (Phi) is 3.00. The molecule has 2 rings (SSSR count). The van der Waals surface area contributed by atoms with E-state index in [1.807, 2.05) is 0 Å². The molecule has 0 aliphatic rings. The monoisotopic (exact) mass is 247 g/mol. The van der Waals surface area contributed by atoms with Crippen molar-refractivity contribution >= 4 is 11.6 Å². The second-order valence-electron chi connectivity index (χ2n) is 3.52. The molecule has 8 nitrogen and oxygen atoms in total. The third-order valence-corrected chi connectivity index (χ3v) is 2.40. The zero-order valence-electron chi connectivity index (χ0n) is 9.40. The summed E-state index contributed by atoms with van der Waals surface area (Å²) in [5.41, 5.74) is 2.93. The molecule has 2 aromatic rings. The van der Waals surface area contributed by atoms with Crippen molar-refractivity contribution in [3.63, 3.8) is 0 Å². The number of hydrogen-bond donors (Lipinski definition) is 1. The van der Waals surface area contributed by atoms with Gasteiger partial charge in [0.15, 0.2) is 0 Å². The van der Waals surface area contributed by atoms with Gasteiger partial charge in [0.25, 0.3) is 11.6 Å². The lowest BCUT2D eigenvalue weighted by Crippen LogP contribution is -2.22. The minimum Gasteiger partial charge on any atom is -0.267 e. The van der Waals surface area contributed by atoms with Gasteiger partial charge in [-0.3, -0.25) is 20.3 Å². The number of nitrogens with zero attached hydrogens (tertiary/aromatic N) is 4. The van der Waals surface area contributed by atoms with Gasteiger partial charge in [-0.05, 0) is 13.0 Å². The number of carbonyl (C=O) groups is 1. The lowest BCUT2D eigenvalue weighted by Gasteiger charge is -2.07. The van der Waals surface area contributed by atoms with Crippen molar-refractivity contribution in [2.24, 2.45) is 0 Å². The molecule has 8 heteroatoms. The second kappa shape index (κ2) is 4.62. The predicted molar refractivity (Wildman–Crippen MR) is 61.5 cm³/mol. The highest BCUT2D eigenvalue weighted by Gasteiger charge is 2.17. The fraction of sp³-hybridized carbons (Fsp3) is 0.100. The fourth-order valence-electron chi connectivity index (χ4n) is 1.50. The van der Waals surface area contributed by atoms with Crippen molar-refractivity contribution in [3.8, 4) is 0 Å². The number of carbonyl (C=O) groups excluding carboxylic acids is 1. The number of hydrogen-bond acceptors (Lipinski definition) is 5.